The molecule has 1 aromatic rings. The van der Waals surface area contributed by atoms with Crippen molar-refractivity contribution in [3.63, 3.8) is 0 Å². The van der Waals surface area contributed by atoms with Crippen molar-refractivity contribution in [1.29, 1.82) is 0 Å². The van der Waals surface area contributed by atoms with Gasteiger partial charge in [0.05, 0.1) is 18.4 Å². The highest BCUT2D eigenvalue weighted by atomic mass is 32.2. The van der Waals surface area contributed by atoms with Crippen LogP contribution in [0.4, 0.5) is 0 Å². The Bertz CT molecular complexity index is 880. The van der Waals surface area contributed by atoms with E-state index in [-0.39, 0.29) is 23.5 Å². The number of amides is 1. The second-order valence-corrected chi connectivity index (χ2v) is 12.1. The van der Waals surface area contributed by atoms with Gasteiger partial charge in [-0.25, -0.2) is 13.1 Å². The zero-order chi connectivity index (χ0) is 21.1. The fourth-order valence-electron chi connectivity index (χ4n) is 7.13. The summed E-state index contributed by atoms with van der Waals surface area (Å²) < 4.78 is 25.5. The third-order valence-corrected chi connectivity index (χ3v) is 9.17. The molecule has 30 heavy (non-hydrogen) atoms. The van der Waals surface area contributed by atoms with Gasteiger partial charge < -0.3 is 10.0 Å². The maximum absolute atomic E-state index is 13.3. The summed E-state index contributed by atoms with van der Waals surface area (Å²) in [6, 6.07) is 10.3. The van der Waals surface area contributed by atoms with Crippen LogP contribution in [0.15, 0.2) is 30.3 Å². The summed E-state index contributed by atoms with van der Waals surface area (Å²) in [7, 11) is -3.24. The molecular formula is C23H32N2O4S. The average Bonchev–Trinajstić information content (AvgIpc) is 2.63. The minimum Gasteiger partial charge on any atom is -0.393 e. The Kier molecular flexibility index (Phi) is 4.99. The summed E-state index contributed by atoms with van der Waals surface area (Å²) in [6.45, 7) is 0.930. The summed E-state index contributed by atoms with van der Waals surface area (Å²) in [5.74, 6) is 1.93. The fraction of sp³-hybridized carbons (Fsp3) is 0.696. The molecule has 4 aliphatic carbocycles. The predicted molar refractivity (Wildman–Crippen MR) is 114 cm³/mol. The molecule has 0 atom stereocenters. The Morgan fingerprint density at radius 3 is 2.20 bits per heavy atom. The maximum Gasteiger partial charge on any atom is 0.223 e. The van der Waals surface area contributed by atoms with Crippen LogP contribution in [0.5, 0.6) is 0 Å². The number of carbonyl (C=O) groups is 1. The van der Waals surface area contributed by atoms with Gasteiger partial charge in [0.15, 0.2) is 0 Å². The second-order valence-electron chi connectivity index (χ2n) is 10.3. The Labute approximate surface area is 179 Å². The Morgan fingerprint density at radius 2 is 1.67 bits per heavy atom. The first kappa shape index (κ1) is 20.5. The summed E-state index contributed by atoms with van der Waals surface area (Å²) in [5.41, 5.74) is 1.25. The molecule has 6 nitrogen and oxygen atoms in total. The van der Waals surface area contributed by atoms with Crippen molar-refractivity contribution < 1.29 is 18.3 Å². The molecule has 2 N–H and O–H groups in total. The van der Waals surface area contributed by atoms with Crippen LogP contribution in [0.1, 0.15) is 37.7 Å². The molecule has 1 aliphatic heterocycles. The van der Waals surface area contributed by atoms with E-state index >= 15 is 0 Å². The molecule has 7 heteroatoms. The average molecular weight is 433 g/mol. The molecule has 6 rings (SSSR count). The third-order valence-electron chi connectivity index (χ3n) is 8.41. The zero-order valence-corrected chi connectivity index (χ0v) is 18.4. The molecule has 164 valence electrons. The van der Waals surface area contributed by atoms with Gasteiger partial charge in [0.25, 0.3) is 0 Å². The van der Waals surface area contributed by atoms with Gasteiger partial charge in [0, 0.05) is 19.5 Å². The first-order chi connectivity index (χ1) is 14.2. The van der Waals surface area contributed by atoms with E-state index in [0.29, 0.717) is 43.2 Å². The van der Waals surface area contributed by atoms with Gasteiger partial charge in [-0.05, 0) is 66.8 Å². The first-order valence-corrected chi connectivity index (χ1v) is 13.1. The number of hydrogen-bond donors (Lipinski definition) is 2. The lowest BCUT2D eigenvalue weighted by molar-refractivity contribution is -0.177. The van der Waals surface area contributed by atoms with E-state index in [4.69, 9.17) is 0 Å². The van der Waals surface area contributed by atoms with Crippen LogP contribution >= 0.6 is 0 Å². The molecule has 5 aliphatic rings. The second kappa shape index (κ2) is 7.31. The molecule has 1 saturated heterocycles. The van der Waals surface area contributed by atoms with Crippen LogP contribution in [0.25, 0.3) is 0 Å². The van der Waals surface area contributed by atoms with Crippen molar-refractivity contribution in [3.8, 4) is 0 Å². The third kappa shape index (κ3) is 3.59. The fourth-order valence-corrected chi connectivity index (χ4v) is 7.88. The van der Waals surface area contributed by atoms with Crippen LogP contribution in [0.3, 0.4) is 0 Å². The van der Waals surface area contributed by atoms with Crippen LogP contribution in [0.2, 0.25) is 0 Å². The van der Waals surface area contributed by atoms with Crippen LogP contribution < -0.4 is 4.72 Å². The molecule has 5 fully saturated rings. The number of nitrogens with zero attached hydrogens (tertiary/aromatic N) is 1. The quantitative estimate of drug-likeness (QED) is 0.718. The van der Waals surface area contributed by atoms with Crippen molar-refractivity contribution in [1.82, 2.24) is 9.62 Å². The molecule has 1 amide bonds. The van der Waals surface area contributed by atoms with Gasteiger partial charge in [0.1, 0.15) is 0 Å². The highest BCUT2D eigenvalue weighted by Crippen LogP contribution is 2.64. The zero-order valence-electron chi connectivity index (χ0n) is 17.5. The Hall–Kier alpha value is -1.44. The van der Waals surface area contributed by atoms with Crippen molar-refractivity contribution in [2.75, 3.05) is 19.3 Å². The lowest BCUT2D eigenvalue weighted by Gasteiger charge is -2.63. The van der Waals surface area contributed by atoms with E-state index in [1.54, 1.807) is 0 Å². The molecule has 1 aromatic carbocycles. The van der Waals surface area contributed by atoms with Crippen LogP contribution in [-0.4, -0.2) is 55.8 Å². The van der Waals surface area contributed by atoms with Crippen molar-refractivity contribution >= 4 is 15.9 Å². The van der Waals surface area contributed by atoms with E-state index in [0.717, 1.165) is 38.4 Å². The van der Waals surface area contributed by atoms with Crippen molar-refractivity contribution in [2.45, 2.75) is 50.7 Å². The topological polar surface area (TPSA) is 86.7 Å². The Balaban J connectivity index is 1.35. The summed E-state index contributed by atoms with van der Waals surface area (Å²) in [6.07, 6.45) is 6.61. The van der Waals surface area contributed by atoms with Crippen molar-refractivity contribution in [3.05, 3.63) is 35.9 Å². The number of nitrogens with one attached hydrogen (secondary N) is 1. The molecule has 0 spiro atoms. The van der Waals surface area contributed by atoms with Gasteiger partial charge in [-0.15, -0.1) is 0 Å². The van der Waals surface area contributed by atoms with E-state index in [2.05, 4.69) is 29.0 Å². The van der Waals surface area contributed by atoms with Crippen LogP contribution in [0, 0.1) is 29.1 Å². The van der Waals surface area contributed by atoms with Gasteiger partial charge in [-0.2, -0.15) is 0 Å². The van der Waals surface area contributed by atoms with Gasteiger partial charge >= 0.3 is 0 Å². The van der Waals surface area contributed by atoms with E-state index in [9.17, 15) is 18.3 Å². The number of likely N-dealkylation sites (tertiary alicyclic amines) is 1. The van der Waals surface area contributed by atoms with Crippen LogP contribution in [-0.2, 0) is 21.2 Å². The number of aliphatic hydroxyl groups is 1. The maximum atomic E-state index is 13.3. The summed E-state index contributed by atoms with van der Waals surface area (Å²) in [4.78, 5) is 15.1. The van der Waals surface area contributed by atoms with Gasteiger partial charge in [-0.3, -0.25) is 4.79 Å². The largest absolute Gasteiger partial charge is 0.393 e. The van der Waals surface area contributed by atoms with E-state index in [1.165, 1.54) is 5.56 Å². The number of carbonyl (C=O) groups excluding carboxylic acids is 1. The molecule has 4 bridgehead atoms. The number of aliphatic hydroxyl groups excluding tert-OH is 1. The van der Waals surface area contributed by atoms with Crippen molar-refractivity contribution in [2.24, 2.45) is 29.1 Å². The first-order valence-electron chi connectivity index (χ1n) is 11.2. The minimum absolute atomic E-state index is 0.0407. The number of sulfonamides is 1. The highest BCUT2D eigenvalue weighted by molar-refractivity contribution is 7.88. The molecule has 0 aromatic heterocycles. The SMILES string of the molecule is CS(=O)(=O)NC1CN(C(=O)CC2(Cc3ccccc3)C3CC4CC2CC(C3)C4O)C1. The predicted octanol–water partition coefficient (Wildman–Crippen LogP) is 1.79. The molecule has 1 heterocycles. The molecule has 0 radical (unpaired) electrons. The molecule has 4 saturated carbocycles. The monoisotopic (exact) mass is 432 g/mol. The molecule has 0 unspecified atom stereocenters. The lowest BCUT2D eigenvalue weighted by Crippen LogP contribution is -2.63. The number of benzene rings is 1. The van der Waals surface area contributed by atoms with Gasteiger partial charge in [-0.1, -0.05) is 30.3 Å². The number of hydrogen-bond acceptors (Lipinski definition) is 4. The normalized spacial score (nSPS) is 37.9. The minimum atomic E-state index is -3.24. The standard InChI is InChI=1S/C23H32N2O4S/c1-30(28,29)24-20-13-25(14-20)21(26)12-23(11-15-5-3-2-4-6-15)18-7-16-8-19(23)10-17(9-18)22(16)27/h2-6,16-20,22,24,27H,7-14H2,1H3. The Morgan fingerprint density at radius 1 is 1.10 bits per heavy atom. The lowest BCUT2D eigenvalue weighted by atomic mass is 9.42. The van der Waals surface area contributed by atoms with Gasteiger partial charge in [0.2, 0.25) is 15.9 Å². The highest BCUT2D eigenvalue weighted by Gasteiger charge is 2.60. The smallest absolute Gasteiger partial charge is 0.223 e. The molecular weight excluding hydrogens is 400 g/mol. The number of rotatable bonds is 6. The summed E-state index contributed by atoms with van der Waals surface area (Å²) >= 11 is 0. The summed E-state index contributed by atoms with van der Waals surface area (Å²) in [5, 5.41) is 10.6. The van der Waals surface area contributed by atoms with E-state index in [1.807, 2.05) is 11.0 Å². The van der Waals surface area contributed by atoms with E-state index < -0.39 is 10.0 Å².